The van der Waals surface area contributed by atoms with Crippen molar-refractivity contribution < 1.29 is 4.79 Å². The lowest BCUT2D eigenvalue weighted by Gasteiger charge is -2.36. The Kier molecular flexibility index (Phi) is 4.95. The van der Waals surface area contributed by atoms with Crippen molar-refractivity contribution in [1.29, 1.82) is 0 Å². The Morgan fingerprint density at radius 1 is 0.957 bits per heavy atom. The lowest BCUT2D eigenvalue weighted by Crippen LogP contribution is -2.49. The fraction of sp³-hybridized carbons (Fsp3) is 0.250. The molecule has 23 heavy (non-hydrogen) atoms. The van der Waals surface area contributed by atoms with Crippen LogP contribution in [0.25, 0.3) is 0 Å². The fourth-order valence-electron chi connectivity index (χ4n) is 2.55. The molecule has 4 nitrogen and oxygen atoms in total. The number of nitrogens with zero attached hydrogens (tertiary/aromatic N) is 3. The van der Waals surface area contributed by atoms with Crippen LogP contribution in [0.5, 0.6) is 0 Å². The van der Waals surface area contributed by atoms with Crippen molar-refractivity contribution in [1.82, 2.24) is 9.88 Å². The number of para-hydroxylation sites is 1. The van der Waals surface area contributed by atoms with Gasteiger partial charge in [-0.2, -0.15) is 0 Å². The Hall–Kier alpha value is -1.49. The lowest BCUT2D eigenvalue weighted by atomic mass is 10.2. The number of benzene rings is 1. The Bertz CT molecular complexity index is 716. The molecule has 0 N–H and O–H groups in total. The Labute approximate surface area is 149 Å². The zero-order valence-electron chi connectivity index (χ0n) is 12.2. The molecule has 1 aliphatic rings. The van der Waals surface area contributed by atoms with Gasteiger partial charge in [-0.15, -0.1) is 0 Å². The number of pyridine rings is 1. The average Bonchev–Trinajstić information content (AvgIpc) is 2.60. The third-order valence-corrected chi connectivity index (χ3v) is 5.05. The number of halogens is 3. The molecule has 1 saturated heterocycles. The Morgan fingerprint density at radius 2 is 1.61 bits per heavy atom. The molecular formula is C16H14Cl3N3O. The molecule has 0 unspecified atom stereocenters. The number of anilines is 1. The van der Waals surface area contributed by atoms with E-state index in [2.05, 4.69) is 22.0 Å². The van der Waals surface area contributed by atoms with E-state index < -0.39 is 0 Å². The molecule has 2 aromatic rings. The van der Waals surface area contributed by atoms with Crippen molar-refractivity contribution in [3.63, 3.8) is 0 Å². The van der Waals surface area contributed by atoms with Crippen LogP contribution in [0.1, 0.15) is 10.5 Å². The largest absolute Gasteiger partial charge is 0.368 e. The summed E-state index contributed by atoms with van der Waals surface area (Å²) in [6, 6.07) is 10.1. The van der Waals surface area contributed by atoms with Gasteiger partial charge in [0.2, 0.25) is 0 Å². The van der Waals surface area contributed by atoms with E-state index in [1.165, 1.54) is 6.20 Å². The number of hydrogen-bond donors (Lipinski definition) is 0. The van der Waals surface area contributed by atoms with Crippen LogP contribution in [-0.2, 0) is 0 Å². The molecule has 3 rings (SSSR count). The minimum atomic E-state index is -0.221. The van der Waals surface area contributed by atoms with Gasteiger partial charge in [-0.05, 0) is 12.1 Å². The van der Waals surface area contributed by atoms with Gasteiger partial charge in [0.1, 0.15) is 5.69 Å². The maximum atomic E-state index is 12.6. The van der Waals surface area contributed by atoms with E-state index in [1.54, 1.807) is 4.90 Å². The molecule has 0 radical (unpaired) electrons. The number of carbonyl (C=O) groups is 1. The average molecular weight is 371 g/mol. The Morgan fingerprint density at radius 3 is 2.26 bits per heavy atom. The standard InChI is InChI=1S/C16H14Cl3N3O/c17-12-10-20-15(14(19)13(12)18)16(23)22-8-6-21(7-9-22)11-4-2-1-3-5-11/h1-5,10H,6-9H2. The zero-order chi connectivity index (χ0) is 16.4. The summed E-state index contributed by atoms with van der Waals surface area (Å²) in [5.41, 5.74) is 1.31. The molecule has 1 amide bonds. The number of piperazine rings is 1. The second-order valence-electron chi connectivity index (χ2n) is 5.20. The van der Waals surface area contributed by atoms with E-state index >= 15 is 0 Å². The predicted molar refractivity (Wildman–Crippen MR) is 93.8 cm³/mol. The van der Waals surface area contributed by atoms with Crippen LogP contribution in [0.2, 0.25) is 15.1 Å². The third kappa shape index (κ3) is 3.39. The summed E-state index contributed by atoms with van der Waals surface area (Å²) in [7, 11) is 0. The van der Waals surface area contributed by atoms with E-state index in [9.17, 15) is 4.79 Å². The minimum Gasteiger partial charge on any atom is -0.368 e. The normalized spacial score (nSPS) is 14.9. The smallest absolute Gasteiger partial charge is 0.274 e. The van der Waals surface area contributed by atoms with E-state index in [1.807, 2.05) is 18.2 Å². The highest BCUT2D eigenvalue weighted by Gasteiger charge is 2.26. The first kappa shape index (κ1) is 16.4. The molecule has 1 aromatic heterocycles. The highest BCUT2D eigenvalue weighted by Crippen LogP contribution is 2.31. The maximum Gasteiger partial charge on any atom is 0.274 e. The molecule has 120 valence electrons. The van der Waals surface area contributed by atoms with Crippen molar-refractivity contribution in [2.24, 2.45) is 0 Å². The van der Waals surface area contributed by atoms with Crippen LogP contribution in [0.3, 0.4) is 0 Å². The van der Waals surface area contributed by atoms with Crippen LogP contribution < -0.4 is 4.90 Å². The highest BCUT2D eigenvalue weighted by atomic mass is 35.5. The number of carbonyl (C=O) groups excluding carboxylic acids is 1. The summed E-state index contributed by atoms with van der Waals surface area (Å²) in [5, 5.41) is 0.506. The van der Waals surface area contributed by atoms with Gasteiger partial charge < -0.3 is 9.80 Å². The molecule has 0 bridgehead atoms. The minimum absolute atomic E-state index is 0.106. The van der Waals surface area contributed by atoms with E-state index in [0.717, 1.165) is 18.8 Å². The van der Waals surface area contributed by atoms with E-state index in [-0.39, 0.29) is 26.7 Å². The predicted octanol–water partition coefficient (Wildman–Crippen LogP) is 4.00. The van der Waals surface area contributed by atoms with Crippen LogP contribution in [-0.4, -0.2) is 42.0 Å². The van der Waals surface area contributed by atoms with Gasteiger partial charge in [0.05, 0.1) is 15.1 Å². The van der Waals surface area contributed by atoms with Crippen molar-refractivity contribution in [3.8, 4) is 0 Å². The van der Waals surface area contributed by atoms with Gasteiger partial charge >= 0.3 is 0 Å². The van der Waals surface area contributed by atoms with Gasteiger partial charge in [-0.1, -0.05) is 53.0 Å². The van der Waals surface area contributed by atoms with Crippen molar-refractivity contribution >= 4 is 46.4 Å². The molecular weight excluding hydrogens is 357 g/mol. The fourth-order valence-corrected chi connectivity index (χ4v) is 3.11. The molecule has 1 aromatic carbocycles. The highest BCUT2D eigenvalue weighted by molar-refractivity contribution is 6.48. The van der Waals surface area contributed by atoms with Gasteiger partial charge in [0.25, 0.3) is 5.91 Å². The summed E-state index contributed by atoms with van der Waals surface area (Å²) in [5.74, 6) is -0.221. The summed E-state index contributed by atoms with van der Waals surface area (Å²) in [6.07, 6.45) is 1.35. The molecule has 0 aliphatic carbocycles. The van der Waals surface area contributed by atoms with Crippen LogP contribution in [0, 0.1) is 0 Å². The Balaban J connectivity index is 1.70. The molecule has 0 saturated carbocycles. The van der Waals surface area contributed by atoms with Gasteiger partial charge in [0.15, 0.2) is 0 Å². The molecule has 0 spiro atoms. The number of aromatic nitrogens is 1. The second kappa shape index (κ2) is 6.95. The molecule has 1 aliphatic heterocycles. The van der Waals surface area contributed by atoms with Crippen molar-refractivity contribution in [3.05, 3.63) is 57.3 Å². The van der Waals surface area contributed by atoms with Gasteiger partial charge in [-0.25, -0.2) is 4.98 Å². The summed E-state index contributed by atoms with van der Waals surface area (Å²) >= 11 is 17.9. The first-order chi connectivity index (χ1) is 11.1. The van der Waals surface area contributed by atoms with Crippen LogP contribution >= 0.6 is 34.8 Å². The lowest BCUT2D eigenvalue weighted by molar-refractivity contribution is 0.0741. The molecule has 7 heteroatoms. The first-order valence-electron chi connectivity index (χ1n) is 7.16. The van der Waals surface area contributed by atoms with Gasteiger partial charge in [-0.3, -0.25) is 4.79 Å². The SMILES string of the molecule is O=C(c1ncc(Cl)c(Cl)c1Cl)N1CCN(c2ccccc2)CC1. The molecule has 1 fully saturated rings. The molecule has 2 heterocycles. The topological polar surface area (TPSA) is 36.4 Å². The van der Waals surface area contributed by atoms with E-state index in [0.29, 0.717) is 13.1 Å². The summed E-state index contributed by atoms with van der Waals surface area (Å²) < 4.78 is 0. The second-order valence-corrected chi connectivity index (χ2v) is 6.36. The van der Waals surface area contributed by atoms with Crippen molar-refractivity contribution in [2.75, 3.05) is 31.1 Å². The summed E-state index contributed by atoms with van der Waals surface area (Å²) in [4.78, 5) is 20.6. The third-order valence-electron chi connectivity index (χ3n) is 3.81. The van der Waals surface area contributed by atoms with Gasteiger partial charge in [0, 0.05) is 38.1 Å². The maximum absolute atomic E-state index is 12.6. The number of amides is 1. The quantitative estimate of drug-likeness (QED) is 0.801. The van der Waals surface area contributed by atoms with E-state index in [4.69, 9.17) is 34.8 Å². The summed E-state index contributed by atoms with van der Waals surface area (Å²) in [6.45, 7) is 2.72. The van der Waals surface area contributed by atoms with Crippen LogP contribution in [0.4, 0.5) is 5.69 Å². The monoisotopic (exact) mass is 369 g/mol. The zero-order valence-corrected chi connectivity index (χ0v) is 14.4. The first-order valence-corrected chi connectivity index (χ1v) is 8.30. The van der Waals surface area contributed by atoms with Crippen molar-refractivity contribution in [2.45, 2.75) is 0 Å². The number of rotatable bonds is 2. The molecule has 0 atom stereocenters. The number of hydrogen-bond acceptors (Lipinski definition) is 3. The van der Waals surface area contributed by atoms with Crippen LogP contribution in [0.15, 0.2) is 36.5 Å².